The summed E-state index contributed by atoms with van der Waals surface area (Å²) < 4.78 is 0. The van der Waals surface area contributed by atoms with E-state index in [2.05, 4.69) is 95.9 Å². The monoisotopic (exact) mass is 445 g/mol. The van der Waals surface area contributed by atoms with Gasteiger partial charge in [-0.2, -0.15) is 0 Å². The number of fused-ring (bicyclic) bond motifs is 12. The highest BCUT2D eigenvalue weighted by molar-refractivity contribution is 5.97. The van der Waals surface area contributed by atoms with Crippen LogP contribution in [0.2, 0.25) is 0 Å². The fourth-order valence-corrected chi connectivity index (χ4v) is 7.33. The van der Waals surface area contributed by atoms with Gasteiger partial charge in [0.1, 0.15) is 0 Å². The van der Waals surface area contributed by atoms with Crippen LogP contribution < -0.4 is 4.90 Å². The molecule has 0 unspecified atom stereocenters. The zero-order chi connectivity index (χ0) is 22.7. The molecule has 9 rings (SSSR count). The molecule has 4 aliphatic rings. The number of para-hydroxylation sites is 1. The zero-order valence-electron chi connectivity index (χ0n) is 19.4. The summed E-state index contributed by atoms with van der Waals surface area (Å²) >= 11 is 0. The molecule has 2 aliphatic heterocycles. The Morgan fingerprint density at radius 1 is 0.400 bits per heavy atom. The van der Waals surface area contributed by atoms with Crippen LogP contribution in [0.1, 0.15) is 44.5 Å². The van der Waals surface area contributed by atoms with Crippen molar-refractivity contribution in [2.45, 2.75) is 25.7 Å². The smallest absolute Gasteiger partial charge is 0.0532 e. The van der Waals surface area contributed by atoms with E-state index in [1.165, 1.54) is 83.8 Å². The van der Waals surface area contributed by atoms with Crippen molar-refractivity contribution in [2.24, 2.45) is 0 Å². The maximum atomic E-state index is 2.60. The third-order valence-electron chi connectivity index (χ3n) is 8.73. The molecule has 0 N–H and O–H groups in total. The van der Waals surface area contributed by atoms with E-state index in [0.29, 0.717) is 0 Å². The number of anilines is 3. The number of hydrogen-bond donors (Lipinski definition) is 0. The van der Waals surface area contributed by atoms with Gasteiger partial charge in [-0.25, -0.2) is 0 Å². The predicted octanol–water partition coefficient (Wildman–Crippen LogP) is 8.11. The molecule has 35 heavy (non-hydrogen) atoms. The molecule has 1 nitrogen and oxygen atoms in total. The van der Waals surface area contributed by atoms with Crippen molar-refractivity contribution >= 4 is 17.1 Å². The van der Waals surface area contributed by atoms with Crippen LogP contribution in [0, 0.1) is 0 Å². The summed E-state index contributed by atoms with van der Waals surface area (Å²) in [7, 11) is 0. The molecule has 0 spiro atoms. The minimum absolute atomic E-state index is 1.01. The maximum Gasteiger partial charge on any atom is 0.0532 e. The van der Waals surface area contributed by atoms with Crippen molar-refractivity contribution in [2.75, 3.05) is 4.90 Å². The van der Waals surface area contributed by atoms with Crippen LogP contribution in [0.4, 0.5) is 17.1 Å². The quantitative estimate of drug-likeness (QED) is 0.228. The molecule has 0 saturated heterocycles. The molecular weight excluding hydrogens is 422 g/mol. The fourth-order valence-electron chi connectivity index (χ4n) is 7.33. The topological polar surface area (TPSA) is 3.24 Å². The number of benzene rings is 5. The lowest BCUT2D eigenvalue weighted by Gasteiger charge is -2.40. The molecule has 0 aromatic heterocycles. The van der Waals surface area contributed by atoms with Gasteiger partial charge in [-0.15, -0.1) is 0 Å². The first-order valence-corrected chi connectivity index (χ1v) is 12.7. The standard InChI is InChI=1S/C34H23N/c1-3-10-26-20(6-1)16-22-12-14-30-28(32(22)26)18-24-8-5-9-25-19-29-31(35(30)34(24)25)15-13-23-17-21-7-2-4-11-27(21)33(23)29/h1-15H,16-19H2. The maximum absolute atomic E-state index is 2.60. The van der Waals surface area contributed by atoms with Gasteiger partial charge in [0.05, 0.1) is 17.1 Å². The van der Waals surface area contributed by atoms with Crippen LogP contribution in [0.5, 0.6) is 0 Å². The molecule has 164 valence electrons. The van der Waals surface area contributed by atoms with E-state index in [0.717, 1.165) is 25.7 Å². The van der Waals surface area contributed by atoms with E-state index >= 15 is 0 Å². The largest absolute Gasteiger partial charge is 0.309 e. The molecule has 0 amide bonds. The highest BCUT2D eigenvalue weighted by atomic mass is 15.2. The van der Waals surface area contributed by atoms with Gasteiger partial charge in [-0.3, -0.25) is 0 Å². The van der Waals surface area contributed by atoms with Gasteiger partial charge in [-0.05, 0) is 91.7 Å². The average Bonchev–Trinajstić information content (AvgIpc) is 3.47. The third kappa shape index (κ3) is 2.24. The van der Waals surface area contributed by atoms with E-state index < -0.39 is 0 Å². The summed E-state index contributed by atoms with van der Waals surface area (Å²) in [5.41, 5.74) is 21.8. The predicted molar refractivity (Wildman–Crippen MR) is 143 cm³/mol. The number of hydrogen-bond acceptors (Lipinski definition) is 1. The van der Waals surface area contributed by atoms with Crippen molar-refractivity contribution in [1.29, 1.82) is 0 Å². The Kier molecular flexibility index (Phi) is 3.29. The van der Waals surface area contributed by atoms with Crippen LogP contribution in [-0.4, -0.2) is 0 Å². The Labute approximate surface area is 205 Å². The summed E-state index contributed by atoms with van der Waals surface area (Å²) in [6, 6.07) is 34.5. The summed E-state index contributed by atoms with van der Waals surface area (Å²) in [6.07, 6.45) is 4.12. The molecule has 0 atom stereocenters. The number of nitrogens with zero attached hydrogens (tertiary/aromatic N) is 1. The minimum Gasteiger partial charge on any atom is -0.309 e. The first-order chi connectivity index (χ1) is 17.3. The average molecular weight is 446 g/mol. The second kappa shape index (κ2) is 6.31. The molecule has 5 aromatic rings. The second-order valence-corrected chi connectivity index (χ2v) is 10.5. The molecule has 2 aliphatic carbocycles. The van der Waals surface area contributed by atoms with Gasteiger partial charge in [0, 0.05) is 12.8 Å². The van der Waals surface area contributed by atoms with Gasteiger partial charge < -0.3 is 4.90 Å². The summed E-state index contributed by atoms with van der Waals surface area (Å²) in [5.74, 6) is 0. The second-order valence-electron chi connectivity index (χ2n) is 10.5. The van der Waals surface area contributed by atoms with E-state index in [-0.39, 0.29) is 0 Å². The fraction of sp³-hybridized carbons (Fsp3) is 0.118. The molecule has 0 fully saturated rings. The zero-order valence-corrected chi connectivity index (χ0v) is 19.4. The molecule has 1 heteroatoms. The highest BCUT2D eigenvalue weighted by Crippen LogP contribution is 2.56. The summed E-state index contributed by atoms with van der Waals surface area (Å²) in [4.78, 5) is 2.60. The lowest BCUT2D eigenvalue weighted by Crippen LogP contribution is -2.25. The van der Waals surface area contributed by atoms with E-state index in [4.69, 9.17) is 0 Å². The molecule has 0 bridgehead atoms. The highest BCUT2D eigenvalue weighted by Gasteiger charge is 2.36. The summed E-state index contributed by atoms with van der Waals surface area (Å²) in [6.45, 7) is 0. The van der Waals surface area contributed by atoms with Crippen molar-refractivity contribution in [3.05, 3.63) is 136 Å². The molecule has 0 saturated carbocycles. The molecule has 5 aromatic carbocycles. The van der Waals surface area contributed by atoms with Crippen molar-refractivity contribution < 1.29 is 0 Å². The molecule has 2 heterocycles. The van der Waals surface area contributed by atoms with Gasteiger partial charge in [0.15, 0.2) is 0 Å². The van der Waals surface area contributed by atoms with Crippen molar-refractivity contribution in [3.63, 3.8) is 0 Å². The van der Waals surface area contributed by atoms with Crippen LogP contribution in [-0.2, 0) is 25.7 Å². The van der Waals surface area contributed by atoms with Gasteiger partial charge in [0.25, 0.3) is 0 Å². The van der Waals surface area contributed by atoms with E-state index in [9.17, 15) is 0 Å². The normalized spacial score (nSPS) is 14.9. The first kappa shape index (κ1) is 18.3. The Morgan fingerprint density at radius 3 is 1.43 bits per heavy atom. The number of rotatable bonds is 0. The van der Waals surface area contributed by atoms with Gasteiger partial charge in [-0.1, -0.05) is 78.9 Å². The lowest BCUT2D eigenvalue weighted by atomic mass is 9.82. The van der Waals surface area contributed by atoms with E-state index in [1.54, 1.807) is 0 Å². The van der Waals surface area contributed by atoms with Crippen LogP contribution in [0.15, 0.2) is 91.0 Å². The Hall–Kier alpha value is -4.10. The van der Waals surface area contributed by atoms with Crippen LogP contribution in [0.3, 0.4) is 0 Å². The minimum atomic E-state index is 1.01. The van der Waals surface area contributed by atoms with Crippen LogP contribution >= 0.6 is 0 Å². The Bertz CT molecular complexity index is 1630. The van der Waals surface area contributed by atoms with E-state index in [1.807, 2.05) is 0 Å². The SMILES string of the molecule is c1ccc2c(c1)Cc1ccc3c(c1-2)Cc1cccc2c1N3c1ccc3c(c1C2)-c1ccccc1C3. The van der Waals surface area contributed by atoms with Gasteiger partial charge >= 0.3 is 0 Å². The molecular formula is C34H23N. The molecule has 0 radical (unpaired) electrons. The van der Waals surface area contributed by atoms with Gasteiger partial charge in [0.2, 0.25) is 0 Å². The van der Waals surface area contributed by atoms with Crippen molar-refractivity contribution in [3.8, 4) is 22.3 Å². The first-order valence-electron chi connectivity index (χ1n) is 12.7. The Morgan fingerprint density at radius 2 is 0.886 bits per heavy atom. The van der Waals surface area contributed by atoms with Crippen LogP contribution in [0.25, 0.3) is 22.3 Å². The third-order valence-corrected chi connectivity index (χ3v) is 8.73. The Balaban J connectivity index is 1.35. The van der Waals surface area contributed by atoms with Crippen molar-refractivity contribution in [1.82, 2.24) is 0 Å². The lowest BCUT2D eigenvalue weighted by molar-refractivity contribution is 1.01. The summed E-state index contributed by atoms with van der Waals surface area (Å²) in [5, 5.41) is 0.